The Morgan fingerprint density at radius 1 is 1.44 bits per heavy atom. The van der Waals surface area contributed by atoms with E-state index < -0.39 is 0 Å². The lowest BCUT2D eigenvalue weighted by atomic mass is 10.2. The summed E-state index contributed by atoms with van der Waals surface area (Å²) in [7, 11) is 3.96. The highest BCUT2D eigenvalue weighted by Crippen LogP contribution is 2.26. The van der Waals surface area contributed by atoms with Gasteiger partial charge in [0.05, 0.1) is 11.7 Å². The van der Waals surface area contributed by atoms with Gasteiger partial charge in [0.15, 0.2) is 0 Å². The Morgan fingerprint density at radius 3 is 2.89 bits per heavy atom. The first-order valence-corrected chi connectivity index (χ1v) is 7.52. The molecule has 1 atom stereocenters. The van der Waals surface area contributed by atoms with Gasteiger partial charge in [0, 0.05) is 28.4 Å². The topological polar surface area (TPSA) is 29.9 Å². The first kappa shape index (κ1) is 13.6. The molecule has 2 rings (SSSR count). The van der Waals surface area contributed by atoms with Crippen LogP contribution in [0.25, 0.3) is 0 Å². The summed E-state index contributed by atoms with van der Waals surface area (Å²) in [5, 5.41) is 7.55. The van der Waals surface area contributed by atoms with Crippen molar-refractivity contribution in [2.24, 2.45) is 7.05 Å². The van der Waals surface area contributed by atoms with Crippen LogP contribution >= 0.6 is 27.7 Å². The lowest BCUT2D eigenvalue weighted by Crippen LogP contribution is -2.21. The van der Waals surface area contributed by atoms with Gasteiger partial charge in [-0.05, 0) is 31.3 Å². The van der Waals surface area contributed by atoms with Gasteiger partial charge in [-0.15, -0.1) is 11.8 Å². The van der Waals surface area contributed by atoms with Gasteiger partial charge in [-0.2, -0.15) is 5.10 Å². The highest BCUT2D eigenvalue weighted by molar-refractivity contribution is 9.10. The quantitative estimate of drug-likeness (QED) is 0.856. The number of hydrogen-bond donors (Lipinski definition) is 1. The number of nitrogens with one attached hydrogen (secondary N) is 1. The molecule has 96 valence electrons. The van der Waals surface area contributed by atoms with Crippen LogP contribution in [0.1, 0.15) is 11.7 Å². The average Bonchev–Trinajstić information content (AvgIpc) is 2.77. The van der Waals surface area contributed by atoms with Crippen LogP contribution in [-0.2, 0) is 7.05 Å². The van der Waals surface area contributed by atoms with E-state index in [0.717, 1.165) is 10.2 Å². The zero-order chi connectivity index (χ0) is 13.0. The Morgan fingerprint density at radius 2 is 2.28 bits per heavy atom. The Hall–Kier alpha value is -0.780. The van der Waals surface area contributed by atoms with Crippen LogP contribution in [0.4, 0.5) is 0 Å². The van der Waals surface area contributed by atoms with Crippen molar-refractivity contribution in [2.45, 2.75) is 10.9 Å². The zero-order valence-corrected chi connectivity index (χ0v) is 12.8. The number of rotatable bonds is 5. The Bertz CT molecular complexity index is 512. The van der Waals surface area contributed by atoms with Gasteiger partial charge in [0.25, 0.3) is 0 Å². The summed E-state index contributed by atoms with van der Waals surface area (Å²) < 4.78 is 3.04. The van der Waals surface area contributed by atoms with Crippen molar-refractivity contribution in [3.8, 4) is 0 Å². The van der Waals surface area contributed by atoms with Crippen LogP contribution in [0.5, 0.6) is 0 Å². The van der Waals surface area contributed by atoms with Gasteiger partial charge < -0.3 is 5.32 Å². The Labute approximate surface area is 120 Å². The summed E-state index contributed by atoms with van der Waals surface area (Å²) in [4.78, 5) is 1.27. The van der Waals surface area contributed by atoms with Crippen molar-refractivity contribution in [3.05, 3.63) is 46.7 Å². The molecule has 2 aromatic rings. The van der Waals surface area contributed by atoms with E-state index in [0.29, 0.717) is 6.04 Å². The number of aryl methyl sites for hydroxylation is 1. The van der Waals surface area contributed by atoms with Crippen molar-refractivity contribution >= 4 is 27.7 Å². The van der Waals surface area contributed by atoms with Crippen molar-refractivity contribution in [1.29, 1.82) is 0 Å². The molecule has 1 unspecified atom stereocenters. The van der Waals surface area contributed by atoms with Crippen molar-refractivity contribution < 1.29 is 0 Å². The van der Waals surface area contributed by atoms with E-state index in [2.05, 4.69) is 50.6 Å². The summed E-state index contributed by atoms with van der Waals surface area (Å²) in [5.74, 6) is 0.979. The number of thioether (sulfide) groups is 1. The van der Waals surface area contributed by atoms with Crippen molar-refractivity contribution in [2.75, 3.05) is 12.8 Å². The summed E-state index contributed by atoms with van der Waals surface area (Å²) in [6, 6.07) is 10.7. The lowest BCUT2D eigenvalue weighted by molar-refractivity contribution is 0.586. The van der Waals surface area contributed by atoms with E-state index in [1.165, 1.54) is 10.6 Å². The number of aromatic nitrogens is 2. The molecule has 18 heavy (non-hydrogen) atoms. The van der Waals surface area contributed by atoms with Crippen LogP contribution in [0, 0.1) is 0 Å². The van der Waals surface area contributed by atoms with Gasteiger partial charge in [-0.3, -0.25) is 4.68 Å². The molecule has 1 aromatic carbocycles. The van der Waals surface area contributed by atoms with E-state index in [-0.39, 0.29) is 0 Å². The monoisotopic (exact) mass is 325 g/mol. The van der Waals surface area contributed by atoms with Gasteiger partial charge in [-0.25, -0.2) is 0 Å². The molecule has 0 aliphatic rings. The van der Waals surface area contributed by atoms with Gasteiger partial charge in [0.2, 0.25) is 0 Å². The molecule has 0 radical (unpaired) electrons. The molecule has 0 bridgehead atoms. The summed E-state index contributed by atoms with van der Waals surface area (Å²) in [6.45, 7) is 0. The summed E-state index contributed by atoms with van der Waals surface area (Å²) >= 11 is 5.33. The largest absolute Gasteiger partial charge is 0.311 e. The second-order valence-corrected chi connectivity index (χ2v) is 6.00. The normalized spacial score (nSPS) is 12.6. The minimum atomic E-state index is 0.307. The second kappa shape index (κ2) is 6.41. The number of benzene rings is 1. The first-order chi connectivity index (χ1) is 8.70. The SMILES string of the molecule is CNC(CSc1cccc(Br)c1)c1ccnn1C. The fraction of sp³-hybridized carbons (Fsp3) is 0.308. The third-order valence-corrected chi connectivity index (χ3v) is 4.36. The molecule has 0 spiro atoms. The molecule has 0 aliphatic carbocycles. The molecule has 5 heteroatoms. The maximum atomic E-state index is 4.21. The smallest absolute Gasteiger partial charge is 0.0584 e. The van der Waals surface area contributed by atoms with E-state index in [4.69, 9.17) is 0 Å². The summed E-state index contributed by atoms with van der Waals surface area (Å²) in [5.41, 5.74) is 1.21. The number of hydrogen-bond acceptors (Lipinski definition) is 3. The molecule has 0 amide bonds. The molecule has 1 heterocycles. The predicted octanol–water partition coefficient (Wildman–Crippen LogP) is 3.24. The fourth-order valence-corrected chi connectivity index (χ4v) is 3.41. The fourth-order valence-electron chi connectivity index (χ4n) is 1.78. The third kappa shape index (κ3) is 3.37. The summed E-state index contributed by atoms with van der Waals surface area (Å²) in [6.07, 6.45) is 1.84. The van der Waals surface area contributed by atoms with Crippen LogP contribution in [-0.4, -0.2) is 22.6 Å². The minimum Gasteiger partial charge on any atom is -0.311 e. The standard InChI is InChI=1S/C13H16BrN3S/c1-15-12(13-6-7-16-17(13)2)9-18-11-5-3-4-10(14)8-11/h3-8,12,15H,9H2,1-2H3. The van der Waals surface area contributed by atoms with E-state index in [1.807, 2.05) is 42.8 Å². The molecule has 0 saturated carbocycles. The third-order valence-electron chi connectivity index (χ3n) is 2.78. The Kier molecular flexibility index (Phi) is 4.86. The second-order valence-electron chi connectivity index (χ2n) is 3.99. The van der Waals surface area contributed by atoms with E-state index in [9.17, 15) is 0 Å². The highest BCUT2D eigenvalue weighted by Gasteiger charge is 2.13. The Balaban J connectivity index is 2.02. The molecular weight excluding hydrogens is 310 g/mol. The average molecular weight is 326 g/mol. The number of nitrogens with zero attached hydrogens (tertiary/aromatic N) is 2. The molecule has 0 saturated heterocycles. The van der Waals surface area contributed by atoms with Gasteiger partial charge in [-0.1, -0.05) is 22.0 Å². The maximum Gasteiger partial charge on any atom is 0.0584 e. The lowest BCUT2D eigenvalue weighted by Gasteiger charge is -2.16. The molecule has 0 fully saturated rings. The first-order valence-electron chi connectivity index (χ1n) is 5.74. The molecule has 0 aliphatic heterocycles. The van der Waals surface area contributed by atoms with Crippen LogP contribution < -0.4 is 5.32 Å². The van der Waals surface area contributed by atoms with Crippen LogP contribution in [0.3, 0.4) is 0 Å². The number of halogens is 1. The minimum absolute atomic E-state index is 0.307. The van der Waals surface area contributed by atoms with Crippen LogP contribution in [0.15, 0.2) is 45.9 Å². The van der Waals surface area contributed by atoms with Gasteiger partial charge in [0.1, 0.15) is 0 Å². The molecule has 1 aromatic heterocycles. The van der Waals surface area contributed by atoms with E-state index in [1.54, 1.807) is 0 Å². The van der Waals surface area contributed by atoms with E-state index >= 15 is 0 Å². The zero-order valence-electron chi connectivity index (χ0n) is 10.4. The van der Waals surface area contributed by atoms with Crippen molar-refractivity contribution in [3.63, 3.8) is 0 Å². The molecular formula is C13H16BrN3S. The van der Waals surface area contributed by atoms with Crippen molar-refractivity contribution in [1.82, 2.24) is 15.1 Å². The van der Waals surface area contributed by atoms with Crippen LogP contribution in [0.2, 0.25) is 0 Å². The predicted molar refractivity (Wildman–Crippen MR) is 79.9 cm³/mol. The molecule has 1 N–H and O–H groups in total. The maximum absolute atomic E-state index is 4.21. The van der Waals surface area contributed by atoms with Gasteiger partial charge >= 0.3 is 0 Å². The molecule has 3 nitrogen and oxygen atoms in total. The highest BCUT2D eigenvalue weighted by atomic mass is 79.9.